The van der Waals surface area contributed by atoms with Gasteiger partial charge in [0.05, 0.1) is 35.8 Å². The monoisotopic (exact) mass is 604 g/mol. The van der Waals surface area contributed by atoms with E-state index < -0.39 is 23.1 Å². The molecule has 2 aromatic heterocycles. The summed E-state index contributed by atoms with van der Waals surface area (Å²) in [7, 11) is 1.36. The molecule has 6 rings (SSSR count). The Kier molecular flexibility index (Phi) is 6.94. The number of hydrogen-bond acceptors (Lipinski definition) is 8. The lowest BCUT2D eigenvalue weighted by atomic mass is 9.54. The number of carbonyl (C=O) groups excluding carboxylic acids is 2. The minimum atomic E-state index is -0.917. The van der Waals surface area contributed by atoms with Crippen molar-refractivity contribution in [3.8, 4) is 0 Å². The van der Waals surface area contributed by atoms with E-state index in [1.54, 1.807) is 13.0 Å². The summed E-state index contributed by atoms with van der Waals surface area (Å²) in [6.07, 6.45) is 3.20. The van der Waals surface area contributed by atoms with Crippen molar-refractivity contribution in [3.63, 3.8) is 0 Å². The molecule has 1 aliphatic carbocycles. The summed E-state index contributed by atoms with van der Waals surface area (Å²) in [5.74, 6) is -1.10. The second kappa shape index (κ2) is 10.2. The van der Waals surface area contributed by atoms with E-state index in [0.29, 0.717) is 48.9 Å². The number of hydrogen-bond donors (Lipinski definition) is 0. The van der Waals surface area contributed by atoms with Gasteiger partial charge in [-0.25, -0.2) is 28.5 Å². The van der Waals surface area contributed by atoms with Crippen LogP contribution >= 0.6 is 0 Å². The Hall–Kier alpha value is -4.15. The molecule has 1 saturated carbocycles. The largest absolute Gasteiger partial charge is 0.465 e. The molecule has 9 nitrogen and oxygen atoms in total. The van der Waals surface area contributed by atoms with Crippen molar-refractivity contribution in [1.82, 2.24) is 19.9 Å². The first-order valence-corrected chi connectivity index (χ1v) is 14.9. The average Bonchev–Trinajstić information content (AvgIpc) is 3.26. The summed E-state index contributed by atoms with van der Waals surface area (Å²) in [6, 6.07) is 5.75. The van der Waals surface area contributed by atoms with Crippen molar-refractivity contribution in [2.45, 2.75) is 65.3 Å². The highest BCUT2D eigenvalue weighted by atomic mass is 19.2. The predicted octanol–water partition coefficient (Wildman–Crippen LogP) is 5.50. The molecule has 2 fully saturated rings. The maximum absolute atomic E-state index is 14.2. The highest BCUT2D eigenvalue weighted by Gasteiger charge is 2.57. The summed E-state index contributed by atoms with van der Waals surface area (Å²) in [6.45, 7) is 14.2. The third-order valence-electron chi connectivity index (χ3n) is 9.28. The van der Waals surface area contributed by atoms with Gasteiger partial charge in [0.2, 0.25) is 0 Å². The summed E-state index contributed by atoms with van der Waals surface area (Å²) >= 11 is 0. The van der Waals surface area contributed by atoms with Gasteiger partial charge in [0.1, 0.15) is 11.5 Å². The van der Waals surface area contributed by atoms with E-state index in [0.717, 1.165) is 36.0 Å². The zero-order valence-electron chi connectivity index (χ0n) is 26.3. The number of methoxy groups -OCH3 is 1. The van der Waals surface area contributed by atoms with Crippen molar-refractivity contribution in [2.75, 3.05) is 43.1 Å². The molecule has 0 bridgehead atoms. The second-order valence-corrected chi connectivity index (χ2v) is 13.9. The van der Waals surface area contributed by atoms with Crippen molar-refractivity contribution >= 4 is 29.2 Å². The number of nitrogens with zero attached hydrogens (tertiary/aromatic N) is 6. The molecule has 2 aliphatic heterocycles. The van der Waals surface area contributed by atoms with E-state index in [4.69, 9.17) is 19.7 Å². The Bertz CT molecular complexity index is 1660. The Morgan fingerprint density at radius 3 is 2.30 bits per heavy atom. The molecular weight excluding hydrogens is 566 g/mol. The highest BCUT2D eigenvalue weighted by molar-refractivity contribution is 5.94. The zero-order chi connectivity index (χ0) is 31.8. The number of esters is 1. The lowest BCUT2D eigenvalue weighted by Crippen LogP contribution is -2.61. The van der Waals surface area contributed by atoms with Crippen molar-refractivity contribution in [2.24, 2.45) is 5.41 Å². The molecule has 11 heteroatoms. The first-order valence-electron chi connectivity index (χ1n) is 14.9. The molecule has 1 amide bonds. The lowest BCUT2D eigenvalue weighted by molar-refractivity contribution is 0.0500. The molecule has 1 aromatic carbocycles. The van der Waals surface area contributed by atoms with Gasteiger partial charge in [-0.05, 0) is 69.7 Å². The molecule has 0 radical (unpaired) electrons. The van der Waals surface area contributed by atoms with Gasteiger partial charge in [-0.15, -0.1) is 0 Å². The number of halogens is 2. The normalized spacial score (nSPS) is 19.5. The average molecular weight is 605 g/mol. The van der Waals surface area contributed by atoms with Crippen LogP contribution in [-0.4, -0.2) is 70.6 Å². The predicted molar refractivity (Wildman–Crippen MR) is 162 cm³/mol. The fourth-order valence-corrected chi connectivity index (χ4v) is 7.67. The maximum Gasteiger partial charge on any atom is 0.339 e. The fraction of sp³-hybridized carbons (Fsp3) is 0.485. The van der Waals surface area contributed by atoms with Gasteiger partial charge in [0, 0.05) is 43.3 Å². The Balaban J connectivity index is 1.27. The number of ether oxygens (including phenoxy) is 1. The molecule has 0 unspecified atom stereocenters. The fourth-order valence-electron chi connectivity index (χ4n) is 7.67. The van der Waals surface area contributed by atoms with Gasteiger partial charge < -0.3 is 19.4 Å². The third kappa shape index (κ3) is 4.86. The van der Waals surface area contributed by atoms with Gasteiger partial charge in [-0.3, -0.25) is 4.79 Å². The SMILES string of the molecule is COC(=O)c1c(C)cc(N2CCN(C(=O)c3cnc4c(n3)C3(CN4c4ccc(F)c(F)c4)CC(C)(C)C3)C(C)(C)C2)nc1C. The lowest BCUT2D eigenvalue weighted by Gasteiger charge is -2.51. The van der Waals surface area contributed by atoms with Crippen LogP contribution < -0.4 is 9.80 Å². The molecule has 3 aliphatic rings. The topological polar surface area (TPSA) is 91.8 Å². The van der Waals surface area contributed by atoms with Crippen LogP contribution in [0.4, 0.5) is 26.1 Å². The summed E-state index contributed by atoms with van der Waals surface area (Å²) in [5.41, 5.74) is 2.59. The molecule has 4 heterocycles. The van der Waals surface area contributed by atoms with Crippen LogP contribution in [0, 0.1) is 30.9 Å². The summed E-state index contributed by atoms with van der Waals surface area (Å²) in [5, 5.41) is 0. The van der Waals surface area contributed by atoms with Crippen molar-refractivity contribution < 1.29 is 23.1 Å². The number of aromatic nitrogens is 3. The first kappa shape index (κ1) is 29.9. The molecule has 232 valence electrons. The number of amides is 1. The van der Waals surface area contributed by atoms with Crippen LogP contribution in [0.3, 0.4) is 0 Å². The van der Waals surface area contributed by atoms with Gasteiger partial charge in [-0.1, -0.05) is 13.8 Å². The van der Waals surface area contributed by atoms with E-state index in [9.17, 15) is 18.4 Å². The summed E-state index contributed by atoms with van der Waals surface area (Å²) in [4.78, 5) is 46.5. The Morgan fingerprint density at radius 1 is 0.955 bits per heavy atom. The van der Waals surface area contributed by atoms with Gasteiger partial charge in [-0.2, -0.15) is 0 Å². The number of rotatable bonds is 4. The first-order chi connectivity index (χ1) is 20.6. The van der Waals surface area contributed by atoms with E-state index in [2.05, 4.69) is 18.7 Å². The quantitative estimate of drug-likeness (QED) is 0.361. The summed E-state index contributed by atoms with van der Waals surface area (Å²) < 4.78 is 32.8. The molecule has 3 aromatic rings. The van der Waals surface area contributed by atoms with Crippen LogP contribution in [0.2, 0.25) is 0 Å². The van der Waals surface area contributed by atoms with Gasteiger partial charge >= 0.3 is 5.97 Å². The number of anilines is 3. The number of piperazine rings is 1. The highest BCUT2D eigenvalue weighted by Crippen LogP contribution is 2.60. The number of fused-ring (bicyclic) bond motifs is 2. The minimum Gasteiger partial charge on any atom is -0.465 e. The van der Waals surface area contributed by atoms with Crippen LogP contribution in [0.1, 0.15) is 78.3 Å². The van der Waals surface area contributed by atoms with E-state index >= 15 is 0 Å². The second-order valence-electron chi connectivity index (χ2n) is 13.9. The van der Waals surface area contributed by atoms with Gasteiger partial charge in [0.15, 0.2) is 17.5 Å². The molecule has 0 N–H and O–H groups in total. The standard InChI is InChI=1S/C33H38F2N6O3/c1-19-12-25(37-20(2)26(19)30(43)44-7)39-10-11-41(32(5,6)17-39)29(42)24-14-36-28-27(38-24)33(15-31(3,4)16-33)18-40(28)21-8-9-22(34)23(35)13-21/h8-9,12-14H,10-11,15-18H2,1-7H3. The van der Waals surface area contributed by atoms with Crippen LogP contribution in [0.5, 0.6) is 0 Å². The number of benzene rings is 1. The van der Waals surface area contributed by atoms with Crippen molar-refractivity contribution in [3.05, 3.63) is 70.3 Å². The maximum atomic E-state index is 14.2. The Labute approximate surface area is 256 Å². The molecule has 1 saturated heterocycles. The van der Waals surface area contributed by atoms with Crippen LogP contribution in [-0.2, 0) is 10.2 Å². The minimum absolute atomic E-state index is 0.0984. The number of carbonyl (C=O) groups is 2. The number of aryl methyl sites for hydroxylation is 2. The van der Waals surface area contributed by atoms with Gasteiger partial charge in [0.25, 0.3) is 5.91 Å². The smallest absolute Gasteiger partial charge is 0.339 e. The molecule has 44 heavy (non-hydrogen) atoms. The van der Waals surface area contributed by atoms with E-state index in [1.807, 2.05) is 36.6 Å². The van der Waals surface area contributed by atoms with E-state index in [1.165, 1.54) is 19.4 Å². The Morgan fingerprint density at radius 2 is 1.68 bits per heavy atom. The zero-order valence-corrected chi connectivity index (χ0v) is 26.3. The van der Waals surface area contributed by atoms with Crippen LogP contribution in [0.15, 0.2) is 30.5 Å². The third-order valence-corrected chi connectivity index (χ3v) is 9.28. The van der Waals surface area contributed by atoms with Crippen LogP contribution in [0.25, 0.3) is 0 Å². The molecular formula is C33H38F2N6O3. The molecule has 0 atom stereocenters. The number of pyridine rings is 1. The van der Waals surface area contributed by atoms with Crippen molar-refractivity contribution in [1.29, 1.82) is 0 Å². The van der Waals surface area contributed by atoms with E-state index in [-0.39, 0.29) is 22.4 Å². The molecule has 1 spiro atoms.